The molecule has 4 N–H and O–H groups in total. The Hall–Kier alpha value is -1.59. The number of nitrogens with two attached hydrogens (primary N) is 1. The average Bonchev–Trinajstić information content (AvgIpc) is 2.43. The number of piperidine rings is 1. The highest BCUT2D eigenvalue weighted by atomic mass is 16.6. The zero-order valence-corrected chi connectivity index (χ0v) is 15.6. The molecule has 0 radical (unpaired) electrons. The van der Waals surface area contributed by atoms with E-state index >= 15 is 0 Å². The molecule has 0 saturated carbocycles. The van der Waals surface area contributed by atoms with Crippen LogP contribution in [0.4, 0.5) is 4.79 Å². The lowest BCUT2D eigenvalue weighted by molar-refractivity contribution is 0.0600. The minimum Gasteiger partial charge on any atom is -0.444 e. The van der Waals surface area contributed by atoms with Gasteiger partial charge in [-0.2, -0.15) is 0 Å². The van der Waals surface area contributed by atoms with Crippen molar-refractivity contribution in [1.82, 2.24) is 10.6 Å². The number of carbonyl (C=O) groups is 1. The van der Waals surface area contributed by atoms with E-state index in [-0.39, 0.29) is 0 Å². The molecule has 1 heterocycles. The topological polar surface area (TPSA) is 76.4 Å². The predicted octanol–water partition coefficient (Wildman–Crippen LogP) is 3.19. The van der Waals surface area contributed by atoms with Gasteiger partial charge in [-0.05, 0) is 53.0 Å². The van der Waals surface area contributed by atoms with Crippen molar-refractivity contribution in [3.05, 3.63) is 35.9 Å². The number of carbonyl (C=O) groups excluding carboxylic acids is 1. The van der Waals surface area contributed by atoms with Crippen LogP contribution in [0, 0.1) is 0 Å². The number of benzene rings is 1. The maximum Gasteiger partial charge on any atom is 0.405 e. The monoisotopic (exact) mass is 335 g/mol. The van der Waals surface area contributed by atoms with Gasteiger partial charge in [0.2, 0.25) is 0 Å². The van der Waals surface area contributed by atoms with Crippen molar-refractivity contribution in [2.24, 2.45) is 5.73 Å². The number of nitrogens with one attached hydrogen (secondary N) is 2. The molecule has 2 unspecified atom stereocenters. The lowest BCUT2D eigenvalue weighted by Gasteiger charge is -2.33. The number of rotatable bonds is 3. The number of hydrogen-bond acceptors (Lipinski definition) is 4. The summed E-state index contributed by atoms with van der Waals surface area (Å²) in [5, 5.41) is 7.23. The first-order chi connectivity index (χ1) is 11.2. The summed E-state index contributed by atoms with van der Waals surface area (Å²) in [7, 11) is 0. The summed E-state index contributed by atoms with van der Waals surface area (Å²) < 4.78 is 4.58. The Bertz CT molecular complexity index is 475. The number of ether oxygens (including phenoxy) is 1. The van der Waals surface area contributed by atoms with Crippen LogP contribution >= 0.6 is 0 Å². The number of primary amides is 1. The molecule has 5 heteroatoms. The predicted molar refractivity (Wildman–Crippen MR) is 98.8 cm³/mol. The van der Waals surface area contributed by atoms with Crippen molar-refractivity contribution >= 4 is 6.09 Å². The molecule has 136 valence electrons. The molecular formula is C19H33N3O2. The number of hydrogen-bond donors (Lipinski definition) is 3. The summed E-state index contributed by atoms with van der Waals surface area (Å²) in [5.74, 6) is 0. The van der Waals surface area contributed by atoms with Crippen molar-refractivity contribution in [3.8, 4) is 0 Å². The average molecular weight is 335 g/mol. The van der Waals surface area contributed by atoms with Crippen LogP contribution in [0.1, 0.15) is 53.0 Å². The van der Waals surface area contributed by atoms with Gasteiger partial charge < -0.3 is 21.1 Å². The van der Waals surface area contributed by atoms with E-state index < -0.39 is 11.7 Å². The maximum atomic E-state index is 10.0. The molecule has 0 bridgehead atoms. The van der Waals surface area contributed by atoms with Crippen LogP contribution in [0.2, 0.25) is 0 Å². The van der Waals surface area contributed by atoms with Crippen molar-refractivity contribution < 1.29 is 9.53 Å². The van der Waals surface area contributed by atoms with Crippen LogP contribution < -0.4 is 16.4 Å². The van der Waals surface area contributed by atoms with Crippen molar-refractivity contribution in [2.45, 2.75) is 77.7 Å². The van der Waals surface area contributed by atoms with Gasteiger partial charge in [0.25, 0.3) is 0 Å². The largest absolute Gasteiger partial charge is 0.444 e. The third kappa shape index (κ3) is 9.53. The SMILES string of the molecule is CC(C)(C)OC(N)=O.CC1CC(NCc2ccccc2)CC(C)N1. The Morgan fingerprint density at radius 1 is 1.21 bits per heavy atom. The van der Waals surface area contributed by atoms with Crippen LogP contribution in [0.3, 0.4) is 0 Å². The van der Waals surface area contributed by atoms with Gasteiger partial charge in [-0.1, -0.05) is 30.3 Å². The highest BCUT2D eigenvalue weighted by molar-refractivity contribution is 5.65. The molecule has 1 amide bonds. The second-order valence-electron chi connectivity index (χ2n) is 7.54. The Kier molecular flexibility index (Phi) is 8.22. The highest BCUT2D eigenvalue weighted by Gasteiger charge is 2.22. The van der Waals surface area contributed by atoms with E-state index in [2.05, 4.69) is 59.5 Å². The molecule has 5 nitrogen and oxygen atoms in total. The second-order valence-corrected chi connectivity index (χ2v) is 7.54. The summed E-state index contributed by atoms with van der Waals surface area (Å²) >= 11 is 0. The van der Waals surface area contributed by atoms with Crippen molar-refractivity contribution in [3.63, 3.8) is 0 Å². The van der Waals surface area contributed by atoms with E-state index in [1.165, 1.54) is 18.4 Å². The van der Waals surface area contributed by atoms with Gasteiger partial charge >= 0.3 is 6.09 Å². The third-order valence-electron chi connectivity index (χ3n) is 3.69. The third-order valence-corrected chi connectivity index (χ3v) is 3.69. The molecule has 1 aromatic carbocycles. The van der Waals surface area contributed by atoms with Crippen LogP contribution in [0.5, 0.6) is 0 Å². The Balaban J connectivity index is 0.000000307. The smallest absolute Gasteiger partial charge is 0.405 e. The quantitative estimate of drug-likeness (QED) is 0.793. The van der Waals surface area contributed by atoms with E-state index in [1.54, 1.807) is 20.8 Å². The zero-order chi connectivity index (χ0) is 18.2. The standard InChI is InChI=1S/C14H22N2.C5H11NO2/c1-11-8-14(9-12(2)16-11)15-10-13-6-4-3-5-7-13;1-5(2,3)8-4(6)7/h3-7,11-12,14-16H,8-10H2,1-2H3;1-3H3,(H2,6,7). The molecule has 2 rings (SSSR count). The van der Waals surface area contributed by atoms with E-state index in [9.17, 15) is 4.79 Å². The fourth-order valence-corrected chi connectivity index (χ4v) is 2.90. The van der Waals surface area contributed by atoms with Gasteiger partial charge in [-0.25, -0.2) is 4.79 Å². The van der Waals surface area contributed by atoms with E-state index in [1.807, 2.05) is 0 Å². The van der Waals surface area contributed by atoms with Gasteiger partial charge in [0.1, 0.15) is 5.60 Å². The molecule has 24 heavy (non-hydrogen) atoms. The fourth-order valence-electron chi connectivity index (χ4n) is 2.90. The minimum absolute atomic E-state index is 0.453. The molecule has 2 atom stereocenters. The second kappa shape index (κ2) is 9.64. The van der Waals surface area contributed by atoms with Gasteiger partial charge in [-0.15, -0.1) is 0 Å². The normalized spacial score (nSPS) is 23.8. The summed E-state index contributed by atoms with van der Waals surface area (Å²) in [4.78, 5) is 10.0. The van der Waals surface area contributed by atoms with Gasteiger partial charge in [0.15, 0.2) is 0 Å². The summed E-state index contributed by atoms with van der Waals surface area (Å²) in [6.07, 6.45) is 1.74. The number of amides is 1. The summed E-state index contributed by atoms with van der Waals surface area (Å²) in [6.45, 7) is 10.8. The highest BCUT2D eigenvalue weighted by Crippen LogP contribution is 2.13. The van der Waals surface area contributed by atoms with Crippen molar-refractivity contribution in [2.75, 3.05) is 0 Å². The molecule has 0 aliphatic carbocycles. The molecular weight excluding hydrogens is 302 g/mol. The fraction of sp³-hybridized carbons (Fsp3) is 0.632. The van der Waals surface area contributed by atoms with Gasteiger partial charge in [-0.3, -0.25) is 0 Å². The summed E-state index contributed by atoms with van der Waals surface area (Å²) in [6, 6.07) is 12.6. The summed E-state index contributed by atoms with van der Waals surface area (Å²) in [5.41, 5.74) is 5.64. The Labute approximate surface area is 146 Å². The Morgan fingerprint density at radius 2 is 1.75 bits per heavy atom. The first-order valence-electron chi connectivity index (χ1n) is 8.67. The van der Waals surface area contributed by atoms with Crippen molar-refractivity contribution in [1.29, 1.82) is 0 Å². The molecule has 1 aromatic rings. The lowest BCUT2D eigenvalue weighted by atomic mass is 9.95. The van der Waals surface area contributed by atoms with E-state index in [4.69, 9.17) is 5.73 Å². The van der Waals surface area contributed by atoms with Crippen LogP contribution in [0.15, 0.2) is 30.3 Å². The van der Waals surface area contributed by atoms with Crippen LogP contribution in [-0.2, 0) is 11.3 Å². The Morgan fingerprint density at radius 3 is 2.17 bits per heavy atom. The molecule has 0 spiro atoms. The maximum absolute atomic E-state index is 10.0. The zero-order valence-electron chi connectivity index (χ0n) is 15.6. The van der Waals surface area contributed by atoms with Crippen LogP contribution in [-0.4, -0.2) is 29.8 Å². The first-order valence-corrected chi connectivity index (χ1v) is 8.67. The van der Waals surface area contributed by atoms with Gasteiger partial charge in [0.05, 0.1) is 0 Å². The van der Waals surface area contributed by atoms with Crippen LogP contribution in [0.25, 0.3) is 0 Å². The van der Waals surface area contributed by atoms with Gasteiger partial charge in [0, 0.05) is 24.7 Å². The molecule has 1 aliphatic rings. The van der Waals surface area contributed by atoms with E-state index in [0.717, 1.165) is 6.54 Å². The molecule has 1 saturated heterocycles. The first kappa shape index (κ1) is 20.5. The molecule has 0 aromatic heterocycles. The minimum atomic E-state index is -0.725. The van der Waals surface area contributed by atoms with E-state index in [0.29, 0.717) is 18.1 Å². The lowest BCUT2D eigenvalue weighted by Crippen LogP contribution is -2.49. The molecule has 1 aliphatic heterocycles. The molecule has 1 fully saturated rings.